The van der Waals surface area contributed by atoms with Crippen molar-refractivity contribution in [2.75, 3.05) is 26.7 Å². The predicted octanol–water partition coefficient (Wildman–Crippen LogP) is 2.84. The molecule has 3 aliphatic rings. The average Bonchev–Trinajstić information content (AvgIpc) is 3.26. The van der Waals surface area contributed by atoms with Gasteiger partial charge in [0, 0.05) is 31.6 Å². The maximum atomic E-state index is 13.3. The first-order valence-electron chi connectivity index (χ1n) is 9.68. The van der Waals surface area contributed by atoms with Crippen LogP contribution in [0.2, 0.25) is 0 Å². The summed E-state index contributed by atoms with van der Waals surface area (Å²) in [4.78, 5) is 29.9. The Morgan fingerprint density at radius 3 is 2.73 bits per heavy atom. The maximum Gasteiger partial charge on any atom is 0.230 e. The van der Waals surface area contributed by atoms with Gasteiger partial charge in [-0.3, -0.25) is 9.59 Å². The molecule has 0 radical (unpaired) electrons. The number of nitrogens with zero attached hydrogens (tertiary/aromatic N) is 2. The van der Waals surface area contributed by atoms with Crippen LogP contribution in [0.1, 0.15) is 44.6 Å². The molecule has 4 rings (SSSR count). The Morgan fingerprint density at radius 2 is 2.00 bits per heavy atom. The van der Waals surface area contributed by atoms with Gasteiger partial charge < -0.3 is 14.5 Å². The van der Waals surface area contributed by atoms with Crippen molar-refractivity contribution in [3.05, 3.63) is 29.8 Å². The fourth-order valence-electron chi connectivity index (χ4n) is 4.50. The van der Waals surface area contributed by atoms with Crippen LogP contribution in [-0.2, 0) is 16.1 Å². The monoisotopic (exact) mass is 356 g/mol. The summed E-state index contributed by atoms with van der Waals surface area (Å²) in [6, 6.07) is 7.91. The van der Waals surface area contributed by atoms with Gasteiger partial charge in [0.15, 0.2) is 0 Å². The molecule has 2 aliphatic heterocycles. The summed E-state index contributed by atoms with van der Waals surface area (Å²) in [5, 5.41) is 0. The van der Waals surface area contributed by atoms with E-state index in [9.17, 15) is 9.59 Å². The molecule has 0 aromatic heterocycles. The highest BCUT2D eigenvalue weighted by Crippen LogP contribution is 2.49. The minimum atomic E-state index is -0.363. The van der Waals surface area contributed by atoms with Gasteiger partial charge in [0.2, 0.25) is 11.8 Å². The third-order valence-corrected chi connectivity index (χ3v) is 6.49. The Kier molecular flexibility index (Phi) is 4.20. The summed E-state index contributed by atoms with van der Waals surface area (Å²) >= 11 is 0. The van der Waals surface area contributed by atoms with Crippen LogP contribution in [0.5, 0.6) is 5.75 Å². The van der Waals surface area contributed by atoms with Crippen LogP contribution in [0.4, 0.5) is 0 Å². The van der Waals surface area contributed by atoms with E-state index in [0.717, 1.165) is 56.5 Å². The lowest BCUT2D eigenvalue weighted by Crippen LogP contribution is -2.50. The molecule has 1 spiro atoms. The molecule has 0 bridgehead atoms. The van der Waals surface area contributed by atoms with Gasteiger partial charge in [-0.15, -0.1) is 0 Å². The number of amides is 2. The average molecular weight is 356 g/mol. The number of benzene rings is 1. The molecule has 1 aliphatic carbocycles. The van der Waals surface area contributed by atoms with E-state index in [-0.39, 0.29) is 22.6 Å². The van der Waals surface area contributed by atoms with Gasteiger partial charge in [-0.2, -0.15) is 0 Å². The van der Waals surface area contributed by atoms with Crippen molar-refractivity contribution in [2.24, 2.45) is 10.8 Å². The quantitative estimate of drug-likeness (QED) is 0.833. The minimum absolute atomic E-state index is 0.149. The number of carbonyl (C=O) groups is 2. The lowest BCUT2D eigenvalue weighted by molar-refractivity contribution is -0.147. The summed E-state index contributed by atoms with van der Waals surface area (Å²) in [6.45, 7) is 4.80. The van der Waals surface area contributed by atoms with Crippen LogP contribution < -0.4 is 4.74 Å². The largest absolute Gasteiger partial charge is 0.497 e. The van der Waals surface area contributed by atoms with Gasteiger partial charge in [0.1, 0.15) is 5.75 Å². The van der Waals surface area contributed by atoms with E-state index in [0.29, 0.717) is 13.1 Å². The summed E-state index contributed by atoms with van der Waals surface area (Å²) in [5.41, 5.74) is 0.577. The SMILES string of the molecule is COc1cccc(CN2CCC[C@@]3(CCN(C(=O)C4(C)CC4)C3)C2=O)c1. The second-order valence-corrected chi connectivity index (χ2v) is 8.50. The maximum absolute atomic E-state index is 13.3. The summed E-state index contributed by atoms with van der Waals surface area (Å²) in [6.07, 6.45) is 4.70. The fourth-order valence-corrected chi connectivity index (χ4v) is 4.50. The van der Waals surface area contributed by atoms with Crippen molar-refractivity contribution >= 4 is 11.8 Å². The number of ether oxygens (including phenoxy) is 1. The van der Waals surface area contributed by atoms with E-state index in [4.69, 9.17) is 4.74 Å². The van der Waals surface area contributed by atoms with E-state index in [1.165, 1.54) is 0 Å². The Labute approximate surface area is 155 Å². The smallest absolute Gasteiger partial charge is 0.230 e. The van der Waals surface area contributed by atoms with E-state index in [1.807, 2.05) is 34.1 Å². The third kappa shape index (κ3) is 2.97. The van der Waals surface area contributed by atoms with Crippen LogP contribution in [-0.4, -0.2) is 48.4 Å². The Morgan fingerprint density at radius 1 is 1.19 bits per heavy atom. The molecule has 2 heterocycles. The molecule has 1 saturated carbocycles. The van der Waals surface area contributed by atoms with Crippen molar-refractivity contribution in [3.63, 3.8) is 0 Å². The van der Waals surface area contributed by atoms with Crippen LogP contribution in [0.15, 0.2) is 24.3 Å². The molecule has 1 atom stereocenters. The zero-order chi connectivity index (χ0) is 18.4. The molecule has 26 heavy (non-hydrogen) atoms. The summed E-state index contributed by atoms with van der Waals surface area (Å²) < 4.78 is 5.29. The Hall–Kier alpha value is -2.04. The van der Waals surface area contributed by atoms with Gasteiger partial charge in [0.25, 0.3) is 0 Å². The third-order valence-electron chi connectivity index (χ3n) is 6.49. The first-order valence-corrected chi connectivity index (χ1v) is 9.68. The van der Waals surface area contributed by atoms with Gasteiger partial charge in [-0.05, 0) is 49.8 Å². The number of carbonyl (C=O) groups excluding carboxylic acids is 2. The molecular weight excluding hydrogens is 328 g/mol. The number of likely N-dealkylation sites (tertiary alicyclic amines) is 2. The number of hydrogen-bond acceptors (Lipinski definition) is 3. The molecule has 5 nitrogen and oxygen atoms in total. The predicted molar refractivity (Wildman–Crippen MR) is 98.6 cm³/mol. The zero-order valence-electron chi connectivity index (χ0n) is 15.8. The Balaban J connectivity index is 1.47. The van der Waals surface area contributed by atoms with Gasteiger partial charge >= 0.3 is 0 Å². The van der Waals surface area contributed by atoms with Crippen LogP contribution >= 0.6 is 0 Å². The number of methoxy groups -OCH3 is 1. The van der Waals surface area contributed by atoms with Crippen LogP contribution in [0.3, 0.4) is 0 Å². The lowest BCUT2D eigenvalue weighted by atomic mass is 9.78. The van der Waals surface area contributed by atoms with Crippen LogP contribution in [0, 0.1) is 10.8 Å². The summed E-state index contributed by atoms with van der Waals surface area (Å²) in [7, 11) is 1.66. The molecule has 2 saturated heterocycles. The highest BCUT2D eigenvalue weighted by molar-refractivity contribution is 5.88. The van der Waals surface area contributed by atoms with Gasteiger partial charge in [-0.1, -0.05) is 19.1 Å². The van der Waals surface area contributed by atoms with E-state index in [2.05, 4.69) is 6.92 Å². The first kappa shape index (κ1) is 17.4. The van der Waals surface area contributed by atoms with E-state index >= 15 is 0 Å². The second-order valence-electron chi connectivity index (χ2n) is 8.50. The fraction of sp³-hybridized carbons (Fsp3) is 0.619. The van der Waals surface area contributed by atoms with Crippen molar-refractivity contribution < 1.29 is 14.3 Å². The molecule has 0 unspecified atom stereocenters. The lowest BCUT2D eigenvalue weighted by Gasteiger charge is -2.39. The van der Waals surface area contributed by atoms with Crippen molar-refractivity contribution in [1.82, 2.24) is 9.80 Å². The minimum Gasteiger partial charge on any atom is -0.497 e. The standard InChI is InChI=1S/C21H28N2O3/c1-20(8-9-20)18(24)23-12-10-21(15-23)7-4-11-22(19(21)25)14-16-5-3-6-17(13-16)26-2/h3,5-6,13H,4,7-12,14-15H2,1-2H3/t21-/m0/s1. The molecule has 0 N–H and O–H groups in total. The van der Waals surface area contributed by atoms with Crippen molar-refractivity contribution in [3.8, 4) is 5.75 Å². The van der Waals surface area contributed by atoms with Gasteiger partial charge in [0.05, 0.1) is 12.5 Å². The molecule has 2 amide bonds. The Bertz CT molecular complexity index is 728. The highest BCUT2D eigenvalue weighted by atomic mass is 16.5. The molecular formula is C21H28N2O3. The molecule has 3 fully saturated rings. The molecule has 140 valence electrons. The number of piperidine rings is 1. The van der Waals surface area contributed by atoms with Crippen molar-refractivity contribution in [1.29, 1.82) is 0 Å². The molecule has 5 heteroatoms. The topological polar surface area (TPSA) is 49.9 Å². The number of hydrogen-bond donors (Lipinski definition) is 0. The molecule has 1 aromatic rings. The zero-order valence-corrected chi connectivity index (χ0v) is 15.8. The first-order chi connectivity index (χ1) is 12.5. The molecule has 1 aromatic carbocycles. The normalized spacial score (nSPS) is 27.1. The van der Waals surface area contributed by atoms with Gasteiger partial charge in [-0.25, -0.2) is 0 Å². The summed E-state index contributed by atoms with van der Waals surface area (Å²) in [5.74, 6) is 1.30. The van der Waals surface area contributed by atoms with Crippen LogP contribution in [0.25, 0.3) is 0 Å². The highest BCUT2D eigenvalue weighted by Gasteiger charge is 2.54. The number of rotatable bonds is 4. The second kappa shape index (κ2) is 6.29. The van der Waals surface area contributed by atoms with E-state index in [1.54, 1.807) is 7.11 Å². The van der Waals surface area contributed by atoms with Crippen molar-refractivity contribution in [2.45, 2.75) is 45.6 Å². The van der Waals surface area contributed by atoms with E-state index < -0.39 is 0 Å².